The van der Waals surface area contributed by atoms with Crippen LogP contribution >= 0.6 is 0 Å². The first-order chi connectivity index (χ1) is 14.3. The molecule has 0 radical (unpaired) electrons. The van der Waals surface area contributed by atoms with Crippen molar-refractivity contribution in [2.24, 2.45) is 0 Å². The second-order valence-corrected chi connectivity index (χ2v) is 7.36. The Morgan fingerprint density at radius 2 is 1.80 bits per heavy atom. The summed E-state index contributed by atoms with van der Waals surface area (Å²) in [6, 6.07) is 2.68. The number of aromatic nitrogens is 3. The second-order valence-electron chi connectivity index (χ2n) is 7.36. The number of fused-ring (bicyclic) bond motifs is 1. The number of pyridine rings is 1. The highest BCUT2D eigenvalue weighted by molar-refractivity contribution is 5.91. The second kappa shape index (κ2) is 7.73. The van der Waals surface area contributed by atoms with Crippen molar-refractivity contribution < 1.29 is 27.0 Å². The number of nitrogens with zero attached hydrogens (tertiary/aromatic N) is 4. The molecule has 1 fully saturated rings. The van der Waals surface area contributed by atoms with Crippen molar-refractivity contribution >= 4 is 17.0 Å². The number of hydrogen-bond donors (Lipinski definition) is 0. The summed E-state index contributed by atoms with van der Waals surface area (Å²) >= 11 is 0. The largest absolute Gasteiger partial charge is 0.417 e. The molecule has 10 heteroatoms. The molecule has 0 N–H and O–H groups in total. The molecule has 0 atom stereocenters. The topological polar surface area (TPSA) is 85.3 Å². The number of likely N-dealkylation sites (tertiary alicyclic amines) is 1. The van der Waals surface area contributed by atoms with E-state index in [9.17, 15) is 18.0 Å². The van der Waals surface area contributed by atoms with Gasteiger partial charge in [-0.05, 0) is 31.7 Å². The van der Waals surface area contributed by atoms with Gasteiger partial charge in [0.2, 0.25) is 5.76 Å². The Kier molecular flexibility index (Phi) is 5.25. The molecule has 0 bridgehead atoms. The molecular formula is C20H21F3N4O3. The van der Waals surface area contributed by atoms with Crippen LogP contribution in [0.1, 0.15) is 65.8 Å². The summed E-state index contributed by atoms with van der Waals surface area (Å²) in [6.07, 6.45) is -2.58. The van der Waals surface area contributed by atoms with Gasteiger partial charge in [0.15, 0.2) is 0 Å². The first kappa shape index (κ1) is 20.4. The van der Waals surface area contributed by atoms with E-state index in [4.69, 9.17) is 9.05 Å². The van der Waals surface area contributed by atoms with Crippen molar-refractivity contribution in [3.05, 3.63) is 40.5 Å². The fourth-order valence-electron chi connectivity index (χ4n) is 3.80. The fourth-order valence-corrected chi connectivity index (χ4v) is 3.80. The minimum atomic E-state index is -4.54. The van der Waals surface area contributed by atoms with E-state index in [1.165, 1.54) is 0 Å². The molecule has 30 heavy (non-hydrogen) atoms. The zero-order chi connectivity index (χ0) is 21.5. The van der Waals surface area contributed by atoms with Gasteiger partial charge in [0.25, 0.3) is 11.6 Å². The maximum Gasteiger partial charge on any atom is 0.417 e. The Bertz CT molecular complexity index is 1070. The van der Waals surface area contributed by atoms with E-state index in [1.807, 2.05) is 6.92 Å². The van der Waals surface area contributed by atoms with Gasteiger partial charge in [0.05, 0.1) is 22.3 Å². The molecule has 1 saturated heterocycles. The van der Waals surface area contributed by atoms with E-state index in [0.29, 0.717) is 50.2 Å². The normalized spacial score (nSPS) is 15.8. The van der Waals surface area contributed by atoms with E-state index in [-0.39, 0.29) is 34.4 Å². The van der Waals surface area contributed by atoms with Crippen molar-refractivity contribution in [1.82, 2.24) is 20.2 Å². The van der Waals surface area contributed by atoms with Crippen LogP contribution in [-0.2, 0) is 19.0 Å². The number of amides is 1. The van der Waals surface area contributed by atoms with Gasteiger partial charge in [-0.15, -0.1) is 0 Å². The average Bonchev–Trinajstić information content (AvgIpc) is 3.39. The lowest BCUT2D eigenvalue weighted by atomic mass is 9.90. The predicted octanol–water partition coefficient (Wildman–Crippen LogP) is 4.37. The van der Waals surface area contributed by atoms with Crippen LogP contribution in [0.15, 0.2) is 21.2 Å². The molecule has 4 heterocycles. The van der Waals surface area contributed by atoms with Crippen molar-refractivity contribution in [2.45, 2.75) is 51.6 Å². The quantitative estimate of drug-likeness (QED) is 0.621. The SMILES string of the molecule is CCc1cc(C(=O)N2CCC(c3noc4nc(CC)cc(C(F)(F)F)c34)CC2)on1. The van der Waals surface area contributed by atoms with Crippen molar-refractivity contribution in [3.8, 4) is 0 Å². The molecule has 0 saturated carbocycles. The average molecular weight is 422 g/mol. The molecule has 0 aromatic carbocycles. The van der Waals surface area contributed by atoms with Crippen molar-refractivity contribution in [3.63, 3.8) is 0 Å². The molecule has 7 nitrogen and oxygen atoms in total. The lowest BCUT2D eigenvalue weighted by Crippen LogP contribution is -2.37. The van der Waals surface area contributed by atoms with Crippen LogP contribution in [0.25, 0.3) is 11.1 Å². The summed E-state index contributed by atoms with van der Waals surface area (Å²) in [6.45, 7) is 4.40. The number of carbonyl (C=O) groups is 1. The van der Waals surface area contributed by atoms with E-state index in [2.05, 4.69) is 15.3 Å². The lowest BCUT2D eigenvalue weighted by molar-refractivity contribution is -0.136. The standard InChI is InChI=1S/C20H21F3N4O3/c1-3-12-9-14(20(21,22)23)16-17(26-30-18(16)24-12)11-5-7-27(8-6-11)19(28)15-10-13(4-2)25-29-15/h9-11H,3-8H2,1-2H3. The number of hydrogen-bond acceptors (Lipinski definition) is 6. The van der Waals surface area contributed by atoms with Gasteiger partial charge >= 0.3 is 6.18 Å². The summed E-state index contributed by atoms with van der Waals surface area (Å²) in [5.41, 5.74) is 0.390. The molecule has 0 aliphatic carbocycles. The number of piperidine rings is 1. The summed E-state index contributed by atoms with van der Waals surface area (Å²) < 4.78 is 51.3. The molecular weight excluding hydrogens is 401 g/mol. The van der Waals surface area contributed by atoms with Gasteiger partial charge in [-0.2, -0.15) is 13.2 Å². The molecule has 4 rings (SSSR count). The van der Waals surface area contributed by atoms with Gasteiger partial charge in [-0.25, -0.2) is 4.98 Å². The first-order valence-electron chi connectivity index (χ1n) is 9.93. The maximum absolute atomic E-state index is 13.7. The molecule has 0 unspecified atom stereocenters. The van der Waals surface area contributed by atoms with Crippen LogP contribution < -0.4 is 0 Å². The Morgan fingerprint density at radius 3 is 2.40 bits per heavy atom. The van der Waals surface area contributed by atoms with E-state index in [0.717, 1.165) is 6.07 Å². The van der Waals surface area contributed by atoms with E-state index >= 15 is 0 Å². The fraction of sp³-hybridized carbons (Fsp3) is 0.500. The zero-order valence-corrected chi connectivity index (χ0v) is 16.6. The molecule has 3 aromatic heterocycles. The molecule has 1 amide bonds. The molecule has 3 aromatic rings. The maximum atomic E-state index is 13.7. The minimum absolute atomic E-state index is 0.0766. The summed E-state index contributed by atoms with van der Waals surface area (Å²) in [5.74, 6) is -0.352. The third-order valence-corrected chi connectivity index (χ3v) is 5.49. The van der Waals surface area contributed by atoms with Crippen LogP contribution in [0.3, 0.4) is 0 Å². The Morgan fingerprint density at radius 1 is 1.10 bits per heavy atom. The minimum Gasteiger partial charge on any atom is -0.351 e. The Labute approximate surface area is 170 Å². The molecule has 160 valence electrons. The Balaban J connectivity index is 1.57. The smallest absolute Gasteiger partial charge is 0.351 e. The third kappa shape index (κ3) is 3.66. The van der Waals surface area contributed by atoms with Crippen LogP contribution in [0.5, 0.6) is 0 Å². The highest BCUT2D eigenvalue weighted by atomic mass is 19.4. The van der Waals surface area contributed by atoms with Crippen LogP contribution in [0.2, 0.25) is 0 Å². The van der Waals surface area contributed by atoms with E-state index < -0.39 is 11.7 Å². The number of aryl methyl sites for hydroxylation is 2. The number of rotatable bonds is 4. The summed E-state index contributed by atoms with van der Waals surface area (Å²) in [4.78, 5) is 18.4. The van der Waals surface area contributed by atoms with Crippen LogP contribution in [0, 0.1) is 0 Å². The monoisotopic (exact) mass is 422 g/mol. The van der Waals surface area contributed by atoms with Crippen molar-refractivity contribution in [1.29, 1.82) is 0 Å². The first-order valence-corrected chi connectivity index (χ1v) is 9.93. The van der Waals surface area contributed by atoms with Crippen molar-refractivity contribution in [2.75, 3.05) is 13.1 Å². The number of carbonyl (C=O) groups excluding carboxylic acids is 1. The molecule has 1 aliphatic heterocycles. The lowest BCUT2D eigenvalue weighted by Gasteiger charge is -2.30. The highest BCUT2D eigenvalue weighted by Gasteiger charge is 2.38. The highest BCUT2D eigenvalue weighted by Crippen LogP contribution is 2.40. The number of halogens is 3. The van der Waals surface area contributed by atoms with Gasteiger partial charge in [0, 0.05) is 30.8 Å². The molecule has 1 aliphatic rings. The predicted molar refractivity (Wildman–Crippen MR) is 99.9 cm³/mol. The Hall–Kier alpha value is -2.91. The molecule has 0 spiro atoms. The summed E-state index contributed by atoms with van der Waals surface area (Å²) in [7, 11) is 0. The van der Waals surface area contributed by atoms with Gasteiger partial charge < -0.3 is 13.9 Å². The summed E-state index contributed by atoms with van der Waals surface area (Å²) in [5, 5.41) is 7.69. The number of alkyl halides is 3. The van der Waals surface area contributed by atoms with Crippen LogP contribution in [-0.4, -0.2) is 39.2 Å². The van der Waals surface area contributed by atoms with Gasteiger partial charge in [0.1, 0.15) is 0 Å². The zero-order valence-electron chi connectivity index (χ0n) is 16.6. The van der Waals surface area contributed by atoms with Crippen LogP contribution in [0.4, 0.5) is 13.2 Å². The van der Waals surface area contributed by atoms with Gasteiger partial charge in [-0.3, -0.25) is 4.79 Å². The van der Waals surface area contributed by atoms with E-state index in [1.54, 1.807) is 17.9 Å². The third-order valence-electron chi connectivity index (χ3n) is 5.49. The van der Waals surface area contributed by atoms with Gasteiger partial charge in [-0.1, -0.05) is 24.2 Å².